The Morgan fingerprint density at radius 3 is 2.08 bits per heavy atom. The summed E-state index contributed by atoms with van der Waals surface area (Å²) in [5, 5.41) is 1.93. The Labute approximate surface area is 165 Å². The molecule has 0 unspecified atom stereocenters. The topological polar surface area (TPSA) is 9.23 Å². The molecule has 2 rings (SSSR count). The molecule has 0 amide bonds. The quantitative estimate of drug-likeness (QED) is 0.355. The van der Waals surface area contributed by atoms with E-state index < -0.39 is 16.4 Å². The van der Waals surface area contributed by atoms with Crippen LogP contribution in [0.3, 0.4) is 0 Å². The molecule has 1 aliphatic rings. The second kappa shape index (κ2) is 7.56. The third kappa shape index (κ3) is 4.91. The first-order valence-electron chi connectivity index (χ1n) is 10.5. The van der Waals surface area contributed by atoms with Crippen molar-refractivity contribution in [2.75, 3.05) is 6.61 Å². The van der Waals surface area contributed by atoms with Crippen molar-refractivity contribution >= 4 is 21.6 Å². The van der Waals surface area contributed by atoms with Crippen LogP contribution < -0.4 is 5.19 Å². The first-order valence-corrected chi connectivity index (χ1v) is 16.6. The van der Waals surface area contributed by atoms with Crippen molar-refractivity contribution in [3.8, 4) is 0 Å². The lowest BCUT2D eigenvalue weighted by Crippen LogP contribution is -2.41. The van der Waals surface area contributed by atoms with E-state index in [1.807, 2.05) is 0 Å². The van der Waals surface area contributed by atoms with E-state index >= 15 is 0 Å². The molecular weight excluding hydrogens is 348 g/mol. The van der Waals surface area contributed by atoms with Crippen molar-refractivity contribution in [1.82, 2.24) is 0 Å². The van der Waals surface area contributed by atoms with Gasteiger partial charge in [0, 0.05) is 6.61 Å². The van der Waals surface area contributed by atoms with E-state index in [0.717, 1.165) is 18.4 Å². The highest BCUT2D eigenvalue weighted by atomic mass is 28.4. The second-order valence-corrected chi connectivity index (χ2v) is 20.8. The molecule has 1 fully saturated rings. The summed E-state index contributed by atoms with van der Waals surface area (Å²) in [6.07, 6.45) is 2.57. The number of benzene rings is 1. The molecule has 0 saturated heterocycles. The van der Waals surface area contributed by atoms with Gasteiger partial charge in [0.2, 0.25) is 0 Å². The lowest BCUT2D eigenvalue weighted by molar-refractivity contribution is 0.273. The van der Waals surface area contributed by atoms with Gasteiger partial charge in [-0.15, -0.1) is 0 Å². The smallest absolute Gasteiger partial charge is 0.191 e. The summed E-state index contributed by atoms with van der Waals surface area (Å²) in [6, 6.07) is 12.7. The lowest BCUT2D eigenvalue weighted by Gasteiger charge is -2.36. The Kier molecular flexibility index (Phi) is 6.37. The van der Waals surface area contributed by atoms with Crippen LogP contribution in [0, 0.1) is 17.3 Å². The highest BCUT2D eigenvalue weighted by Gasteiger charge is 2.57. The largest absolute Gasteiger partial charge is 0.417 e. The first-order chi connectivity index (χ1) is 11.8. The zero-order chi connectivity index (χ0) is 19.8. The standard InChI is InChI=1S/C23H42OSi2/c1-22(2,3)26(8,9)24-17-13-16-20-21(23(20,4)5)18-25(6,7)19-14-11-10-12-15-19/h10-12,14-15,20-21H,13,16-18H2,1-9H3/t20-,21+/m0/s1. The third-order valence-corrected chi connectivity index (χ3v) is 15.4. The summed E-state index contributed by atoms with van der Waals surface area (Å²) < 4.78 is 6.39. The minimum Gasteiger partial charge on any atom is -0.417 e. The molecule has 0 bridgehead atoms. The lowest BCUT2D eigenvalue weighted by atomic mass is 10.1. The molecule has 1 nitrogen and oxygen atoms in total. The monoisotopic (exact) mass is 390 g/mol. The van der Waals surface area contributed by atoms with Crippen LogP contribution in [0.5, 0.6) is 0 Å². The zero-order valence-electron chi connectivity index (χ0n) is 18.8. The fourth-order valence-corrected chi connectivity index (χ4v) is 8.57. The van der Waals surface area contributed by atoms with Gasteiger partial charge in [-0.05, 0) is 54.3 Å². The van der Waals surface area contributed by atoms with E-state index in [1.165, 1.54) is 18.9 Å². The molecule has 0 radical (unpaired) electrons. The summed E-state index contributed by atoms with van der Waals surface area (Å²) in [7, 11) is -2.92. The molecule has 1 aliphatic carbocycles. The Hall–Kier alpha value is -0.386. The van der Waals surface area contributed by atoms with Gasteiger partial charge >= 0.3 is 0 Å². The molecule has 0 aromatic heterocycles. The van der Waals surface area contributed by atoms with Crippen LogP contribution in [0.2, 0.25) is 37.3 Å². The van der Waals surface area contributed by atoms with E-state index in [-0.39, 0.29) is 0 Å². The normalized spacial score (nSPS) is 23.1. The van der Waals surface area contributed by atoms with E-state index in [1.54, 1.807) is 5.19 Å². The van der Waals surface area contributed by atoms with Crippen LogP contribution in [0.1, 0.15) is 47.5 Å². The van der Waals surface area contributed by atoms with E-state index in [2.05, 4.69) is 91.1 Å². The first kappa shape index (κ1) is 21.9. The number of rotatable bonds is 8. The predicted molar refractivity (Wildman–Crippen MR) is 122 cm³/mol. The van der Waals surface area contributed by atoms with Gasteiger partial charge in [0.25, 0.3) is 0 Å². The van der Waals surface area contributed by atoms with E-state index in [0.29, 0.717) is 10.5 Å². The molecule has 0 spiro atoms. The minimum absolute atomic E-state index is 0.319. The van der Waals surface area contributed by atoms with Crippen LogP contribution >= 0.6 is 0 Å². The van der Waals surface area contributed by atoms with E-state index in [9.17, 15) is 0 Å². The van der Waals surface area contributed by atoms with Gasteiger partial charge < -0.3 is 4.43 Å². The van der Waals surface area contributed by atoms with Crippen molar-refractivity contribution < 1.29 is 4.43 Å². The molecule has 0 aliphatic heterocycles. The van der Waals surface area contributed by atoms with Crippen LogP contribution in [0.25, 0.3) is 0 Å². The summed E-state index contributed by atoms with van der Waals surface area (Å²) in [6.45, 7) is 22.8. The maximum atomic E-state index is 6.39. The van der Waals surface area contributed by atoms with Crippen molar-refractivity contribution in [1.29, 1.82) is 0 Å². The fraction of sp³-hybridized carbons (Fsp3) is 0.739. The van der Waals surface area contributed by atoms with Crippen molar-refractivity contribution in [3.63, 3.8) is 0 Å². The van der Waals surface area contributed by atoms with Crippen LogP contribution in [-0.4, -0.2) is 23.0 Å². The molecule has 26 heavy (non-hydrogen) atoms. The SMILES string of the molecule is CC1(C)[C@H](C[Si](C)(C)c2ccccc2)[C@@H]1CCCO[Si](C)(C)C(C)(C)C. The number of hydrogen-bond acceptors (Lipinski definition) is 1. The van der Waals surface area contributed by atoms with Crippen LogP contribution in [0.15, 0.2) is 30.3 Å². The Balaban J connectivity index is 1.85. The average Bonchev–Trinajstić information content (AvgIpc) is 3.02. The summed E-state index contributed by atoms with van der Waals surface area (Å²) in [5.41, 5.74) is 0.524. The van der Waals surface area contributed by atoms with Crippen molar-refractivity contribution in [2.24, 2.45) is 17.3 Å². The van der Waals surface area contributed by atoms with Crippen molar-refractivity contribution in [3.05, 3.63) is 30.3 Å². The molecule has 148 valence electrons. The van der Waals surface area contributed by atoms with Crippen LogP contribution in [-0.2, 0) is 4.43 Å². The summed E-state index contributed by atoms with van der Waals surface area (Å²) in [5.74, 6) is 1.79. The molecule has 0 N–H and O–H groups in total. The fourth-order valence-electron chi connectivity index (χ4n) is 4.24. The minimum atomic E-state index is -1.58. The van der Waals surface area contributed by atoms with Gasteiger partial charge in [0.05, 0.1) is 8.07 Å². The van der Waals surface area contributed by atoms with Crippen molar-refractivity contribution in [2.45, 2.75) is 84.7 Å². The predicted octanol–water partition coefficient (Wildman–Crippen LogP) is 6.68. The van der Waals surface area contributed by atoms with Gasteiger partial charge in [0.15, 0.2) is 8.32 Å². The van der Waals surface area contributed by atoms with Gasteiger partial charge in [-0.25, -0.2) is 0 Å². The Morgan fingerprint density at radius 2 is 1.54 bits per heavy atom. The third-order valence-electron chi connectivity index (χ3n) is 7.50. The maximum Gasteiger partial charge on any atom is 0.191 e. The Bertz CT molecular complexity index is 584. The molecule has 1 saturated carbocycles. The highest BCUT2D eigenvalue weighted by Crippen LogP contribution is 2.63. The molecule has 1 aromatic carbocycles. The second-order valence-electron chi connectivity index (χ2n) is 11.2. The molecular formula is C23H42OSi2. The number of hydrogen-bond donors (Lipinski definition) is 0. The van der Waals surface area contributed by atoms with Gasteiger partial charge in [-0.2, -0.15) is 0 Å². The zero-order valence-corrected chi connectivity index (χ0v) is 20.8. The highest BCUT2D eigenvalue weighted by molar-refractivity contribution is 6.89. The van der Waals surface area contributed by atoms with Gasteiger partial charge in [0.1, 0.15) is 0 Å². The van der Waals surface area contributed by atoms with Crippen LogP contribution in [0.4, 0.5) is 0 Å². The Morgan fingerprint density at radius 1 is 0.962 bits per heavy atom. The molecule has 1 aromatic rings. The molecule has 3 heteroatoms. The summed E-state index contributed by atoms with van der Waals surface area (Å²) >= 11 is 0. The molecule has 2 atom stereocenters. The maximum absolute atomic E-state index is 6.39. The van der Waals surface area contributed by atoms with Gasteiger partial charge in [-0.1, -0.05) is 83.2 Å². The van der Waals surface area contributed by atoms with Gasteiger partial charge in [-0.3, -0.25) is 0 Å². The molecule has 0 heterocycles. The summed E-state index contributed by atoms with van der Waals surface area (Å²) in [4.78, 5) is 0. The van der Waals surface area contributed by atoms with E-state index in [4.69, 9.17) is 4.43 Å². The average molecular weight is 391 g/mol.